The number of rotatable bonds is 2. The first-order valence-electron chi connectivity index (χ1n) is 6.47. The first-order chi connectivity index (χ1) is 9.33. The molecule has 19 heavy (non-hydrogen) atoms. The maximum atomic E-state index is 4.20. The lowest BCUT2D eigenvalue weighted by Crippen LogP contribution is -2.39. The van der Waals surface area contributed by atoms with Gasteiger partial charge in [-0.15, -0.1) is 0 Å². The summed E-state index contributed by atoms with van der Waals surface area (Å²) in [5, 5.41) is 8.86. The molecule has 1 aromatic carbocycles. The summed E-state index contributed by atoms with van der Waals surface area (Å²) in [5.74, 6) is 0.634. The van der Waals surface area contributed by atoms with Gasteiger partial charge in [-0.3, -0.25) is 0 Å². The summed E-state index contributed by atoms with van der Waals surface area (Å²) in [6, 6.07) is 6.44. The van der Waals surface area contributed by atoms with Crippen molar-refractivity contribution >= 4 is 10.9 Å². The maximum absolute atomic E-state index is 4.20. The molecule has 0 atom stereocenters. The van der Waals surface area contributed by atoms with Crippen LogP contribution >= 0.6 is 0 Å². The second kappa shape index (κ2) is 3.93. The Bertz CT molecular complexity index is 722. The molecule has 5 nitrogen and oxygen atoms in total. The SMILES string of the molecule is Cn1cc(C2CNC2)c2cc(-n3cncn3)ccc21. The fraction of sp³-hybridized carbons (Fsp3) is 0.286. The molecule has 1 N–H and O–H groups in total. The number of nitrogens with one attached hydrogen (secondary N) is 1. The van der Waals surface area contributed by atoms with Crippen molar-refractivity contribution in [3.8, 4) is 5.69 Å². The Balaban J connectivity index is 1.91. The summed E-state index contributed by atoms with van der Waals surface area (Å²) < 4.78 is 4.00. The fourth-order valence-corrected chi connectivity index (χ4v) is 2.73. The lowest BCUT2D eigenvalue weighted by Gasteiger charge is -2.26. The van der Waals surface area contributed by atoms with Gasteiger partial charge in [-0.1, -0.05) is 0 Å². The predicted molar refractivity (Wildman–Crippen MR) is 73.4 cm³/mol. The second-order valence-corrected chi connectivity index (χ2v) is 5.09. The van der Waals surface area contributed by atoms with Crippen LogP contribution in [0.15, 0.2) is 37.1 Å². The third kappa shape index (κ3) is 1.58. The maximum Gasteiger partial charge on any atom is 0.138 e. The second-order valence-electron chi connectivity index (χ2n) is 5.09. The van der Waals surface area contributed by atoms with E-state index >= 15 is 0 Å². The summed E-state index contributed by atoms with van der Waals surface area (Å²) in [5.41, 5.74) is 3.76. The zero-order chi connectivity index (χ0) is 12.8. The molecule has 0 bridgehead atoms. The van der Waals surface area contributed by atoms with E-state index in [0.717, 1.165) is 18.8 Å². The molecule has 0 saturated carbocycles. The smallest absolute Gasteiger partial charge is 0.138 e. The van der Waals surface area contributed by atoms with E-state index in [1.807, 2.05) is 0 Å². The molecule has 5 heteroatoms. The molecule has 0 amide bonds. The Labute approximate surface area is 110 Å². The Kier molecular flexibility index (Phi) is 2.22. The largest absolute Gasteiger partial charge is 0.350 e. The van der Waals surface area contributed by atoms with E-state index < -0.39 is 0 Å². The number of fused-ring (bicyclic) bond motifs is 1. The third-order valence-corrected chi connectivity index (χ3v) is 3.91. The minimum absolute atomic E-state index is 0.634. The number of benzene rings is 1. The minimum atomic E-state index is 0.634. The van der Waals surface area contributed by atoms with E-state index in [2.05, 4.69) is 51.4 Å². The molecule has 1 aliphatic rings. The van der Waals surface area contributed by atoms with Gasteiger partial charge in [0.1, 0.15) is 12.7 Å². The number of aromatic nitrogens is 4. The summed E-state index contributed by atoms with van der Waals surface area (Å²) in [4.78, 5) is 4.01. The Morgan fingerprint density at radius 1 is 1.32 bits per heavy atom. The fourth-order valence-electron chi connectivity index (χ4n) is 2.73. The number of aryl methyl sites for hydroxylation is 1. The Hall–Kier alpha value is -2.14. The third-order valence-electron chi connectivity index (χ3n) is 3.91. The van der Waals surface area contributed by atoms with Crippen molar-refractivity contribution in [2.24, 2.45) is 7.05 Å². The average Bonchev–Trinajstić information content (AvgIpc) is 2.97. The van der Waals surface area contributed by atoms with Gasteiger partial charge in [-0.05, 0) is 23.8 Å². The van der Waals surface area contributed by atoms with Crippen molar-refractivity contribution in [2.45, 2.75) is 5.92 Å². The van der Waals surface area contributed by atoms with Gasteiger partial charge in [0.15, 0.2) is 0 Å². The van der Waals surface area contributed by atoms with Crippen molar-refractivity contribution in [1.82, 2.24) is 24.6 Å². The monoisotopic (exact) mass is 253 g/mol. The van der Waals surface area contributed by atoms with Gasteiger partial charge in [0.05, 0.1) is 5.69 Å². The van der Waals surface area contributed by atoms with Crippen molar-refractivity contribution < 1.29 is 0 Å². The van der Waals surface area contributed by atoms with Crippen LogP contribution in [0.3, 0.4) is 0 Å². The first kappa shape index (κ1) is 10.8. The van der Waals surface area contributed by atoms with Crippen molar-refractivity contribution in [3.05, 3.63) is 42.6 Å². The highest BCUT2D eigenvalue weighted by atomic mass is 15.3. The molecule has 0 aliphatic carbocycles. The molecule has 2 aromatic heterocycles. The zero-order valence-electron chi connectivity index (χ0n) is 10.7. The summed E-state index contributed by atoms with van der Waals surface area (Å²) in [7, 11) is 2.10. The molecule has 1 saturated heterocycles. The summed E-state index contributed by atoms with van der Waals surface area (Å²) in [6.07, 6.45) is 5.54. The topological polar surface area (TPSA) is 47.7 Å². The standard InChI is InChI=1S/C14H15N5/c1-18-7-13(10-5-15-6-10)12-4-11(2-3-14(12)18)19-9-16-8-17-19/h2-4,7-10,15H,5-6H2,1H3. The van der Waals surface area contributed by atoms with Gasteiger partial charge in [-0.2, -0.15) is 5.10 Å². The summed E-state index contributed by atoms with van der Waals surface area (Å²) >= 11 is 0. The van der Waals surface area contributed by atoms with Crippen LogP contribution in [0.2, 0.25) is 0 Å². The van der Waals surface area contributed by atoms with Crippen molar-refractivity contribution in [2.75, 3.05) is 13.1 Å². The molecule has 1 fully saturated rings. The molecule has 0 unspecified atom stereocenters. The lowest BCUT2D eigenvalue weighted by atomic mass is 9.93. The van der Waals surface area contributed by atoms with Gasteiger partial charge < -0.3 is 9.88 Å². The molecule has 96 valence electrons. The van der Waals surface area contributed by atoms with Crippen LogP contribution in [-0.4, -0.2) is 32.4 Å². The molecule has 0 spiro atoms. The van der Waals surface area contributed by atoms with Crippen LogP contribution in [0.1, 0.15) is 11.5 Å². The molecule has 1 aliphatic heterocycles. The molecular weight excluding hydrogens is 238 g/mol. The van der Waals surface area contributed by atoms with Gasteiger partial charge >= 0.3 is 0 Å². The summed E-state index contributed by atoms with van der Waals surface area (Å²) in [6.45, 7) is 2.15. The molecule has 4 rings (SSSR count). The predicted octanol–water partition coefficient (Wildman–Crippen LogP) is 1.45. The van der Waals surface area contributed by atoms with Crippen LogP contribution in [0.5, 0.6) is 0 Å². The van der Waals surface area contributed by atoms with Crippen LogP contribution < -0.4 is 5.32 Å². The molecule has 3 heterocycles. The average molecular weight is 253 g/mol. The van der Waals surface area contributed by atoms with E-state index in [-0.39, 0.29) is 0 Å². The van der Waals surface area contributed by atoms with Crippen LogP contribution in [0.25, 0.3) is 16.6 Å². The van der Waals surface area contributed by atoms with Gasteiger partial charge in [-0.25, -0.2) is 9.67 Å². The zero-order valence-corrected chi connectivity index (χ0v) is 10.7. The minimum Gasteiger partial charge on any atom is -0.350 e. The van der Waals surface area contributed by atoms with E-state index in [1.54, 1.807) is 17.3 Å². The van der Waals surface area contributed by atoms with E-state index in [4.69, 9.17) is 0 Å². The van der Waals surface area contributed by atoms with Crippen LogP contribution in [-0.2, 0) is 7.05 Å². The van der Waals surface area contributed by atoms with E-state index in [9.17, 15) is 0 Å². The van der Waals surface area contributed by atoms with E-state index in [0.29, 0.717) is 5.92 Å². The van der Waals surface area contributed by atoms with Crippen molar-refractivity contribution in [3.63, 3.8) is 0 Å². The first-order valence-corrected chi connectivity index (χ1v) is 6.47. The Morgan fingerprint density at radius 2 is 2.21 bits per heavy atom. The van der Waals surface area contributed by atoms with Gasteiger partial charge in [0, 0.05) is 43.2 Å². The van der Waals surface area contributed by atoms with E-state index in [1.165, 1.54) is 16.5 Å². The highest BCUT2D eigenvalue weighted by molar-refractivity contribution is 5.86. The lowest BCUT2D eigenvalue weighted by molar-refractivity contribution is 0.450. The molecular formula is C14H15N5. The number of hydrogen-bond acceptors (Lipinski definition) is 3. The molecule has 0 radical (unpaired) electrons. The number of hydrogen-bond donors (Lipinski definition) is 1. The van der Waals surface area contributed by atoms with Crippen molar-refractivity contribution in [1.29, 1.82) is 0 Å². The van der Waals surface area contributed by atoms with Crippen LogP contribution in [0, 0.1) is 0 Å². The molecule has 3 aromatic rings. The number of nitrogens with zero attached hydrogens (tertiary/aromatic N) is 4. The highest BCUT2D eigenvalue weighted by Gasteiger charge is 2.22. The van der Waals surface area contributed by atoms with Gasteiger partial charge in [0.25, 0.3) is 0 Å². The Morgan fingerprint density at radius 3 is 2.89 bits per heavy atom. The normalized spacial score (nSPS) is 15.8. The quantitative estimate of drug-likeness (QED) is 0.752. The van der Waals surface area contributed by atoms with Crippen LogP contribution in [0.4, 0.5) is 0 Å². The van der Waals surface area contributed by atoms with Gasteiger partial charge in [0.2, 0.25) is 0 Å². The highest BCUT2D eigenvalue weighted by Crippen LogP contribution is 2.30.